The number of rotatable bonds is 5. The summed E-state index contributed by atoms with van der Waals surface area (Å²) >= 11 is 0. The topological polar surface area (TPSA) is 67.9 Å². The Kier molecular flexibility index (Phi) is 4.19. The van der Waals surface area contributed by atoms with E-state index < -0.39 is 0 Å². The predicted octanol–water partition coefficient (Wildman–Crippen LogP) is 3.29. The average molecular weight is 378 g/mol. The Morgan fingerprint density at radius 3 is 2.79 bits per heavy atom. The Morgan fingerprint density at radius 1 is 1.07 bits per heavy atom. The molecule has 1 fully saturated rings. The maximum atomic E-state index is 12.5. The van der Waals surface area contributed by atoms with Crippen LogP contribution in [-0.2, 0) is 22.4 Å². The molecule has 144 valence electrons. The third-order valence-electron chi connectivity index (χ3n) is 5.53. The molecule has 1 aliphatic carbocycles. The summed E-state index contributed by atoms with van der Waals surface area (Å²) in [4.78, 5) is 26.8. The van der Waals surface area contributed by atoms with Gasteiger partial charge < -0.3 is 19.7 Å². The molecule has 28 heavy (non-hydrogen) atoms. The summed E-state index contributed by atoms with van der Waals surface area (Å²) in [5, 5.41) is 2.97. The zero-order valence-electron chi connectivity index (χ0n) is 15.6. The van der Waals surface area contributed by atoms with Crippen molar-refractivity contribution in [1.82, 2.24) is 0 Å². The molecular formula is C22H22N2O4. The quantitative estimate of drug-likeness (QED) is 0.867. The highest BCUT2D eigenvalue weighted by molar-refractivity contribution is 5.99. The predicted molar refractivity (Wildman–Crippen MR) is 105 cm³/mol. The number of fused-ring (bicyclic) bond motifs is 2. The fourth-order valence-electron chi connectivity index (χ4n) is 3.81. The third-order valence-corrected chi connectivity index (χ3v) is 5.53. The lowest BCUT2D eigenvalue weighted by Crippen LogP contribution is -2.30. The summed E-state index contributed by atoms with van der Waals surface area (Å²) in [6.45, 7) is 0.990. The molecule has 6 nitrogen and oxygen atoms in total. The molecule has 5 rings (SSSR count). The summed E-state index contributed by atoms with van der Waals surface area (Å²) in [5.41, 5.74) is 3.90. The number of amides is 2. The molecule has 0 saturated heterocycles. The largest absolute Gasteiger partial charge is 0.454 e. The van der Waals surface area contributed by atoms with Crippen LogP contribution in [0.25, 0.3) is 0 Å². The van der Waals surface area contributed by atoms with Gasteiger partial charge in [-0.2, -0.15) is 0 Å². The molecule has 3 aliphatic rings. The van der Waals surface area contributed by atoms with E-state index in [1.807, 2.05) is 41.3 Å². The number of hydrogen-bond acceptors (Lipinski definition) is 4. The van der Waals surface area contributed by atoms with E-state index in [0.29, 0.717) is 12.8 Å². The molecule has 0 spiro atoms. The number of nitrogens with one attached hydrogen (secondary N) is 1. The van der Waals surface area contributed by atoms with Crippen LogP contribution in [0.1, 0.15) is 30.4 Å². The fourth-order valence-corrected chi connectivity index (χ4v) is 3.81. The smallest absolute Gasteiger partial charge is 0.231 e. The van der Waals surface area contributed by atoms with Crippen LogP contribution in [-0.4, -0.2) is 25.2 Å². The van der Waals surface area contributed by atoms with Crippen molar-refractivity contribution in [2.45, 2.75) is 32.1 Å². The second-order valence-corrected chi connectivity index (χ2v) is 7.59. The highest BCUT2D eigenvalue weighted by Gasteiger charge is 2.36. The number of hydrogen-bond donors (Lipinski definition) is 1. The van der Waals surface area contributed by atoms with Gasteiger partial charge in [0, 0.05) is 30.3 Å². The summed E-state index contributed by atoms with van der Waals surface area (Å²) in [6.07, 6.45) is 3.88. The molecule has 0 unspecified atom stereocenters. The first kappa shape index (κ1) is 17.1. The fraction of sp³-hybridized carbons (Fsp3) is 0.364. The second kappa shape index (κ2) is 6.86. The van der Waals surface area contributed by atoms with E-state index in [0.717, 1.165) is 54.2 Å². The molecule has 0 radical (unpaired) electrons. The van der Waals surface area contributed by atoms with Crippen LogP contribution in [0.3, 0.4) is 0 Å². The van der Waals surface area contributed by atoms with Crippen molar-refractivity contribution in [3.8, 4) is 11.5 Å². The van der Waals surface area contributed by atoms with E-state index in [-0.39, 0.29) is 24.5 Å². The number of benzene rings is 2. The number of nitrogens with zero attached hydrogens (tertiary/aromatic N) is 1. The van der Waals surface area contributed by atoms with Crippen molar-refractivity contribution in [3.05, 3.63) is 47.5 Å². The minimum absolute atomic E-state index is 0.0457. The number of anilines is 2. The first-order valence-corrected chi connectivity index (χ1v) is 9.80. The molecule has 2 aliphatic heterocycles. The van der Waals surface area contributed by atoms with Crippen molar-refractivity contribution in [3.63, 3.8) is 0 Å². The van der Waals surface area contributed by atoms with Crippen molar-refractivity contribution < 1.29 is 19.1 Å². The van der Waals surface area contributed by atoms with Crippen molar-refractivity contribution >= 4 is 23.2 Å². The lowest BCUT2D eigenvalue weighted by atomic mass is 10.1. The normalized spacial score (nSPS) is 16.8. The number of carbonyl (C=O) groups excluding carboxylic acids is 2. The van der Waals surface area contributed by atoms with Crippen LogP contribution in [0.15, 0.2) is 36.4 Å². The molecule has 0 aromatic heterocycles. The molecular weight excluding hydrogens is 356 g/mol. The van der Waals surface area contributed by atoms with Gasteiger partial charge >= 0.3 is 0 Å². The Morgan fingerprint density at radius 2 is 1.93 bits per heavy atom. The van der Waals surface area contributed by atoms with Crippen molar-refractivity contribution in [1.29, 1.82) is 0 Å². The standard InChI is InChI=1S/C22H22N2O4/c25-21(8-2-14-1-7-19-20(11-14)28-13-27-19)23-17-6-5-15-9-10-24(18(15)12-17)22(26)16-3-4-16/h1,5-7,11-12,16H,2-4,8-10,13H2,(H,23,25). The van der Waals surface area contributed by atoms with Gasteiger partial charge in [0.2, 0.25) is 18.6 Å². The Labute approximate surface area is 163 Å². The highest BCUT2D eigenvalue weighted by Crippen LogP contribution is 2.37. The molecule has 0 bridgehead atoms. The van der Waals surface area contributed by atoms with Gasteiger partial charge in [0.05, 0.1) is 0 Å². The second-order valence-electron chi connectivity index (χ2n) is 7.59. The molecule has 1 N–H and O–H groups in total. The lowest BCUT2D eigenvalue weighted by molar-refractivity contribution is -0.119. The van der Waals surface area contributed by atoms with E-state index in [1.165, 1.54) is 5.56 Å². The maximum Gasteiger partial charge on any atom is 0.231 e. The van der Waals surface area contributed by atoms with E-state index in [9.17, 15) is 9.59 Å². The third kappa shape index (κ3) is 3.30. The van der Waals surface area contributed by atoms with Crippen LogP contribution < -0.4 is 19.7 Å². The molecule has 2 aromatic rings. The number of carbonyl (C=O) groups is 2. The van der Waals surface area contributed by atoms with Gasteiger partial charge in [0.25, 0.3) is 0 Å². The van der Waals surface area contributed by atoms with E-state index >= 15 is 0 Å². The summed E-state index contributed by atoms with van der Waals surface area (Å²) in [5.74, 6) is 1.86. The first-order chi connectivity index (χ1) is 13.7. The van der Waals surface area contributed by atoms with Gasteiger partial charge in [-0.1, -0.05) is 12.1 Å². The van der Waals surface area contributed by atoms with Crippen LogP contribution in [0, 0.1) is 5.92 Å². The molecule has 2 amide bonds. The monoisotopic (exact) mass is 378 g/mol. The number of ether oxygens (including phenoxy) is 2. The molecule has 0 atom stereocenters. The minimum Gasteiger partial charge on any atom is -0.454 e. The first-order valence-electron chi connectivity index (χ1n) is 9.80. The lowest BCUT2D eigenvalue weighted by Gasteiger charge is -2.18. The van der Waals surface area contributed by atoms with Gasteiger partial charge in [0.15, 0.2) is 11.5 Å². The van der Waals surface area contributed by atoms with Crippen LogP contribution in [0.2, 0.25) is 0 Å². The maximum absolute atomic E-state index is 12.5. The van der Waals surface area contributed by atoms with Gasteiger partial charge in [-0.3, -0.25) is 9.59 Å². The summed E-state index contributed by atoms with van der Waals surface area (Å²) in [6, 6.07) is 11.6. The zero-order valence-corrected chi connectivity index (χ0v) is 15.6. The van der Waals surface area contributed by atoms with Crippen LogP contribution in [0.4, 0.5) is 11.4 Å². The zero-order chi connectivity index (χ0) is 19.1. The van der Waals surface area contributed by atoms with E-state index in [4.69, 9.17) is 9.47 Å². The van der Waals surface area contributed by atoms with Gasteiger partial charge in [-0.15, -0.1) is 0 Å². The van der Waals surface area contributed by atoms with Crippen molar-refractivity contribution in [2.24, 2.45) is 5.92 Å². The van der Waals surface area contributed by atoms with Crippen LogP contribution in [0.5, 0.6) is 11.5 Å². The summed E-state index contributed by atoms with van der Waals surface area (Å²) < 4.78 is 10.7. The molecule has 2 aromatic carbocycles. The Bertz CT molecular complexity index is 952. The highest BCUT2D eigenvalue weighted by atomic mass is 16.7. The Hall–Kier alpha value is -3.02. The summed E-state index contributed by atoms with van der Waals surface area (Å²) in [7, 11) is 0. The van der Waals surface area contributed by atoms with E-state index in [2.05, 4.69) is 5.32 Å². The molecule has 2 heterocycles. The van der Waals surface area contributed by atoms with Gasteiger partial charge in [-0.25, -0.2) is 0 Å². The minimum atomic E-state index is -0.0457. The number of aryl methyl sites for hydroxylation is 1. The van der Waals surface area contributed by atoms with Crippen molar-refractivity contribution in [2.75, 3.05) is 23.6 Å². The van der Waals surface area contributed by atoms with E-state index in [1.54, 1.807) is 0 Å². The Balaban J connectivity index is 1.22. The molecule has 6 heteroatoms. The SMILES string of the molecule is O=C(CCc1ccc2c(c1)OCO2)Nc1ccc2c(c1)N(C(=O)C1CC1)CC2. The van der Waals surface area contributed by atoms with Gasteiger partial charge in [0.1, 0.15) is 0 Å². The van der Waals surface area contributed by atoms with Crippen LogP contribution >= 0.6 is 0 Å². The van der Waals surface area contributed by atoms with Gasteiger partial charge in [-0.05, 0) is 61.1 Å². The molecule has 1 saturated carbocycles. The average Bonchev–Trinajstić information content (AvgIpc) is 3.30.